The van der Waals surface area contributed by atoms with E-state index < -0.39 is 0 Å². The third-order valence-corrected chi connectivity index (χ3v) is 4.13. The maximum atomic E-state index is 12.6. The van der Waals surface area contributed by atoms with E-state index in [1.807, 2.05) is 4.57 Å². The molecule has 1 atom stereocenters. The molecular weight excluding hydrogens is 236 g/mol. The van der Waals surface area contributed by atoms with Crippen LogP contribution in [0.4, 0.5) is 0 Å². The van der Waals surface area contributed by atoms with Crippen LogP contribution in [-0.2, 0) is 19.4 Å². The van der Waals surface area contributed by atoms with Crippen molar-refractivity contribution in [1.82, 2.24) is 9.88 Å². The van der Waals surface area contributed by atoms with Gasteiger partial charge in [0.25, 0.3) is 5.56 Å². The van der Waals surface area contributed by atoms with E-state index in [0.29, 0.717) is 12.6 Å². The van der Waals surface area contributed by atoms with E-state index >= 15 is 0 Å². The zero-order valence-electron chi connectivity index (χ0n) is 12.6. The molecule has 1 heterocycles. The van der Waals surface area contributed by atoms with Gasteiger partial charge in [-0.3, -0.25) is 4.79 Å². The SMILES string of the molecule is CCC(C)NCc1cc2c(n(C(C)C)c1=O)CCC2. The third kappa shape index (κ3) is 2.92. The van der Waals surface area contributed by atoms with Crippen molar-refractivity contribution in [3.63, 3.8) is 0 Å². The summed E-state index contributed by atoms with van der Waals surface area (Å²) in [7, 11) is 0. The number of nitrogens with one attached hydrogen (secondary N) is 1. The van der Waals surface area contributed by atoms with Crippen LogP contribution in [0.2, 0.25) is 0 Å². The maximum Gasteiger partial charge on any atom is 0.255 e. The lowest BCUT2D eigenvalue weighted by atomic mass is 10.1. The molecule has 19 heavy (non-hydrogen) atoms. The fourth-order valence-corrected chi connectivity index (χ4v) is 2.83. The number of nitrogens with zero attached hydrogens (tertiary/aromatic N) is 1. The second-order valence-corrected chi connectivity index (χ2v) is 5.95. The fraction of sp³-hybridized carbons (Fsp3) is 0.688. The van der Waals surface area contributed by atoms with Gasteiger partial charge in [-0.2, -0.15) is 0 Å². The highest BCUT2D eigenvalue weighted by Crippen LogP contribution is 2.23. The van der Waals surface area contributed by atoms with Crippen molar-refractivity contribution in [3.05, 3.63) is 33.2 Å². The molecule has 0 bridgehead atoms. The van der Waals surface area contributed by atoms with Crippen molar-refractivity contribution in [1.29, 1.82) is 0 Å². The Morgan fingerprint density at radius 1 is 1.32 bits per heavy atom. The molecule has 1 aromatic rings. The molecule has 0 saturated carbocycles. The third-order valence-electron chi connectivity index (χ3n) is 4.13. The summed E-state index contributed by atoms with van der Waals surface area (Å²) in [6.45, 7) is 9.21. The van der Waals surface area contributed by atoms with Crippen molar-refractivity contribution in [2.45, 2.75) is 72.0 Å². The monoisotopic (exact) mass is 262 g/mol. The highest BCUT2D eigenvalue weighted by molar-refractivity contribution is 5.31. The van der Waals surface area contributed by atoms with Crippen molar-refractivity contribution in [2.75, 3.05) is 0 Å². The highest BCUT2D eigenvalue weighted by atomic mass is 16.1. The first-order chi connectivity index (χ1) is 9.04. The number of rotatable bonds is 5. The van der Waals surface area contributed by atoms with Crippen LogP contribution in [0.1, 0.15) is 63.4 Å². The standard InChI is InChI=1S/C16H26N2O/c1-5-12(4)17-10-14-9-13-7-6-8-15(13)18(11(2)3)16(14)19/h9,11-12,17H,5-8,10H2,1-4H3. The van der Waals surface area contributed by atoms with Gasteiger partial charge in [0.15, 0.2) is 0 Å². The van der Waals surface area contributed by atoms with Crippen molar-refractivity contribution in [3.8, 4) is 0 Å². The Bertz CT molecular complexity index is 502. The largest absolute Gasteiger partial charge is 0.310 e. The second-order valence-electron chi connectivity index (χ2n) is 5.95. The molecule has 0 aromatic carbocycles. The zero-order valence-corrected chi connectivity index (χ0v) is 12.6. The summed E-state index contributed by atoms with van der Waals surface area (Å²) in [4.78, 5) is 12.6. The summed E-state index contributed by atoms with van der Waals surface area (Å²) in [5.41, 5.74) is 3.78. The molecule has 1 aliphatic carbocycles. The molecule has 3 heteroatoms. The van der Waals surface area contributed by atoms with Gasteiger partial charge in [0, 0.05) is 29.9 Å². The van der Waals surface area contributed by atoms with E-state index in [1.165, 1.54) is 17.7 Å². The Morgan fingerprint density at radius 2 is 2.05 bits per heavy atom. The highest BCUT2D eigenvalue weighted by Gasteiger charge is 2.20. The molecule has 106 valence electrons. The number of aryl methyl sites for hydroxylation is 1. The number of hydrogen-bond acceptors (Lipinski definition) is 2. The summed E-state index contributed by atoms with van der Waals surface area (Å²) in [5.74, 6) is 0. The Hall–Kier alpha value is -1.09. The van der Waals surface area contributed by atoms with Crippen LogP contribution in [0.5, 0.6) is 0 Å². The summed E-state index contributed by atoms with van der Waals surface area (Å²) >= 11 is 0. The fourth-order valence-electron chi connectivity index (χ4n) is 2.83. The zero-order chi connectivity index (χ0) is 14.0. The minimum absolute atomic E-state index is 0.200. The maximum absolute atomic E-state index is 12.6. The van der Waals surface area contributed by atoms with E-state index in [-0.39, 0.29) is 11.6 Å². The van der Waals surface area contributed by atoms with Crippen molar-refractivity contribution >= 4 is 0 Å². The van der Waals surface area contributed by atoms with Gasteiger partial charge in [-0.1, -0.05) is 6.92 Å². The summed E-state index contributed by atoms with van der Waals surface area (Å²) in [5, 5.41) is 3.43. The summed E-state index contributed by atoms with van der Waals surface area (Å²) in [6.07, 6.45) is 4.45. The molecule has 0 fully saturated rings. The Labute approximate surface area is 116 Å². The molecule has 3 nitrogen and oxygen atoms in total. The van der Waals surface area contributed by atoms with Gasteiger partial charge in [-0.25, -0.2) is 0 Å². The van der Waals surface area contributed by atoms with Crippen LogP contribution in [0.25, 0.3) is 0 Å². The Kier molecular flexibility index (Phi) is 4.46. The minimum atomic E-state index is 0.200. The summed E-state index contributed by atoms with van der Waals surface area (Å²) in [6, 6.07) is 2.85. The first-order valence-electron chi connectivity index (χ1n) is 7.54. The number of aromatic nitrogens is 1. The molecule has 0 radical (unpaired) electrons. The van der Waals surface area contributed by atoms with Gasteiger partial charge >= 0.3 is 0 Å². The molecule has 1 aromatic heterocycles. The molecule has 0 amide bonds. The van der Waals surface area contributed by atoms with Crippen LogP contribution >= 0.6 is 0 Å². The average Bonchev–Trinajstić information content (AvgIpc) is 2.82. The quantitative estimate of drug-likeness (QED) is 0.885. The molecular formula is C16H26N2O. The Balaban J connectivity index is 2.35. The molecule has 1 unspecified atom stereocenters. The lowest BCUT2D eigenvalue weighted by Gasteiger charge is -2.19. The normalized spacial score (nSPS) is 15.8. The van der Waals surface area contributed by atoms with Crippen LogP contribution < -0.4 is 10.9 Å². The smallest absolute Gasteiger partial charge is 0.255 e. The first-order valence-corrected chi connectivity index (χ1v) is 7.54. The molecule has 1 N–H and O–H groups in total. The van der Waals surface area contributed by atoms with Crippen molar-refractivity contribution in [2.24, 2.45) is 0 Å². The molecule has 2 rings (SSSR count). The van der Waals surface area contributed by atoms with Crippen LogP contribution in [0, 0.1) is 0 Å². The van der Waals surface area contributed by atoms with Crippen LogP contribution in [0.3, 0.4) is 0 Å². The minimum Gasteiger partial charge on any atom is -0.310 e. The van der Waals surface area contributed by atoms with Gasteiger partial charge < -0.3 is 9.88 Å². The van der Waals surface area contributed by atoms with Crippen LogP contribution in [-0.4, -0.2) is 10.6 Å². The van der Waals surface area contributed by atoms with Crippen molar-refractivity contribution < 1.29 is 0 Å². The number of fused-ring (bicyclic) bond motifs is 1. The predicted molar refractivity (Wildman–Crippen MR) is 79.7 cm³/mol. The lowest BCUT2D eigenvalue weighted by molar-refractivity contribution is 0.516. The summed E-state index contributed by atoms with van der Waals surface area (Å²) < 4.78 is 2.01. The Morgan fingerprint density at radius 3 is 2.68 bits per heavy atom. The van der Waals surface area contributed by atoms with Gasteiger partial charge in [0.05, 0.1) is 0 Å². The van der Waals surface area contributed by atoms with E-state index in [2.05, 4.69) is 39.1 Å². The second kappa shape index (κ2) is 5.91. The van der Waals surface area contributed by atoms with E-state index in [4.69, 9.17) is 0 Å². The number of pyridine rings is 1. The molecule has 1 aliphatic rings. The van der Waals surface area contributed by atoms with Gasteiger partial charge in [-0.05, 0) is 58.1 Å². The molecule has 0 spiro atoms. The van der Waals surface area contributed by atoms with Crippen LogP contribution in [0.15, 0.2) is 10.9 Å². The number of hydrogen-bond donors (Lipinski definition) is 1. The van der Waals surface area contributed by atoms with E-state index in [1.54, 1.807) is 0 Å². The lowest BCUT2D eigenvalue weighted by Crippen LogP contribution is -2.33. The first kappa shape index (κ1) is 14.3. The van der Waals surface area contributed by atoms with Gasteiger partial charge in [0.1, 0.15) is 0 Å². The molecule has 0 saturated heterocycles. The molecule has 0 aliphatic heterocycles. The van der Waals surface area contributed by atoms with Gasteiger partial charge in [-0.15, -0.1) is 0 Å². The van der Waals surface area contributed by atoms with E-state index in [9.17, 15) is 4.79 Å². The predicted octanol–water partition coefficient (Wildman–Crippen LogP) is 2.81. The average molecular weight is 262 g/mol. The van der Waals surface area contributed by atoms with E-state index in [0.717, 1.165) is 24.8 Å². The topological polar surface area (TPSA) is 34.0 Å². The van der Waals surface area contributed by atoms with Gasteiger partial charge in [0.2, 0.25) is 0 Å².